The highest BCUT2D eigenvalue weighted by atomic mass is 32.2. The summed E-state index contributed by atoms with van der Waals surface area (Å²) < 4.78 is 11.0. The quantitative estimate of drug-likeness (QED) is 0.674. The lowest BCUT2D eigenvalue weighted by Gasteiger charge is -2.29. The summed E-state index contributed by atoms with van der Waals surface area (Å²) in [4.78, 5) is 29.3. The number of ether oxygens (including phenoxy) is 2. The smallest absolute Gasteiger partial charge is 0.293 e. The van der Waals surface area contributed by atoms with Gasteiger partial charge in [-0.1, -0.05) is 29.8 Å². The van der Waals surface area contributed by atoms with Crippen molar-refractivity contribution in [3.8, 4) is 5.75 Å². The Bertz CT molecular complexity index is 998. The molecular weight excluding hydrogens is 400 g/mol. The molecule has 2 heterocycles. The summed E-state index contributed by atoms with van der Waals surface area (Å²) in [6, 6.07) is 13.7. The second-order valence-electron chi connectivity index (χ2n) is 7.28. The molecule has 2 saturated heterocycles. The molecule has 2 aromatic carbocycles. The molecule has 30 heavy (non-hydrogen) atoms. The van der Waals surface area contributed by atoms with Crippen LogP contribution in [0.2, 0.25) is 0 Å². The highest BCUT2D eigenvalue weighted by Gasteiger charge is 2.35. The molecule has 2 amide bonds. The van der Waals surface area contributed by atoms with E-state index in [0.717, 1.165) is 47.2 Å². The number of methoxy groups -OCH3 is 1. The number of carbonyl (C=O) groups excluding carboxylic acids is 2. The molecule has 2 aromatic rings. The van der Waals surface area contributed by atoms with Crippen LogP contribution < -0.4 is 9.64 Å². The number of aryl methyl sites for hydroxylation is 1. The third kappa shape index (κ3) is 4.37. The van der Waals surface area contributed by atoms with E-state index < -0.39 is 0 Å². The number of morpholine rings is 1. The molecular formula is C23H24N2O4S. The number of thioether (sulfide) groups is 1. The van der Waals surface area contributed by atoms with Crippen LogP contribution in [0.3, 0.4) is 0 Å². The van der Waals surface area contributed by atoms with Gasteiger partial charge in [-0.15, -0.1) is 0 Å². The van der Waals surface area contributed by atoms with E-state index in [1.165, 1.54) is 4.90 Å². The molecule has 6 nitrogen and oxygen atoms in total. The van der Waals surface area contributed by atoms with Gasteiger partial charge >= 0.3 is 0 Å². The number of hydrogen-bond donors (Lipinski definition) is 0. The Morgan fingerprint density at radius 2 is 1.93 bits per heavy atom. The van der Waals surface area contributed by atoms with Crippen molar-refractivity contribution in [2.75, 3.05) is 38.3 Å². The molecule has 0 unspecified atom stereocenters. The number of rotatable bonds is 5. The summed E-state index contributed by atoms with van der Waals surface area (Å²) in [6.07, 6.45) is 1.74. The predicted octanol–water partition coefficient (Wildman–Crippen LogP) is 4.08. The Hall–Kier alpha value is -2.77. The van der Waals surface area contributed by atoms with Gasteiger partial charge in [0.25, 0.3) is 11.1 Å². The number of hydrogen-bond acceptors (Lipinski definition) is 6. The van der Waals surface area contributed by atoms with Crippen LogP contribution in [0.5, 0.6) is 5.75 Å². The van der Waals surface area contributed by atoms with E-state index in [2.05, 4.69) is 4.90 Å². The molecule has 0 N–H and O–H groups in total. The fourth-order valence-electron chi connectivity index (χ4n) is 3.61. The summed E-state index contributed by atoms with van der Waals surface area (Å²) in [7, 11) is 1.61. The largest absolute Gasteiger partial charge is 0.496 e. The number of anilines is 1. The van der Waals surface area contributed by atoms with E-state index in [4.69, 9.17) is 9.47 Å². The zero-order valence-corrected chi connectivity index (χ0v) is 17.9. The van der Waals surface area contributed by atoms with Crippen molar-refractivity contribution in [2.45, 2.75) is 13.5 Å². The first-order valence-corrected chi connectivity index (χ1v) is 10.7. The maximum Gasteiger partial charge on any atom is 0.293 e. The molecule has 0 aromatic heterocycles. The molecule has 2 aliphatic rings. The number of benzene rings is 2. The Morgan fingerprint density at radius 3 is 2.67 bits per heavy atom. The van der Waals surface area contributed by atoms with Crippen molar-refractivity contribution in [3.63, 3.8) is 0 Å². The second kappa shape index (κ2) is 8.93. The lowest BCUT2D eigenvalue weighted by atomic mass is 10.1. The van der Waals surface area contributed by atoms with Gasteiger partial charge in [0.1, 0.15) is 5.75 Å². The minimum absolute atomic E-state index is 0.253. The first kappa shape index (κ1) is 20.5. The highest BCUT2D eigenvalue weighted by molar-refractivity contribution is 8.18. The first-order chi connectivity index (χ1) is 14.5. The average molecular weight is 425 g/mol. The van der Waals surface area contributed by atoms with Gasteiger partial charge < -0.3 is 14.4 Å². The van der Waals surface area contributed by atoms with Crippen molar-refractivity contribution in [3.05, 3.63) is 64.1 Å². The summed E-state index contributed by atoms with van der Waals surface area (Å²) in [6.45, 7) is 5.35. The van der Waals surface area contributed by atoms with Crippen LogP contribution in [-0.2, 0) is 16.1 Å². The van der Waals surface area contributed by atoms with Crippen LogP contribution in [-0.4, -0.2) is 49.5 Å². The van der Waals surface area contributed by atoms with Crippen LogP contribution in [0, 0.1) is 6.92 Å². The molecule has 0 atom stereocenters. The first-order valence-electron chi connectivity index (χ1n) is 9.87. The third-order valence-corrected chi connectivity index (χ3v) is 6.08. The van der Waals surface area contributed by atoms with Gasteiger partial charge in [0, 0.05) is 30.4 Å². The van der Waals surface area contributed by atoms with Crippen LogP contribution in [0.4, 0.5) is 10.5 Å². The van der Waals surface area contributed by atoms with E-state index >= 15 is 0 Å². The molecule has 2 aliphatic heterocycles. The fraction of sp³-hybridized carbons (Fsp3) is 0.304. The number of carbonyl (C=O) groups is 2. The van der Waals surface area contributed by atoms with E-state index in [-0.39, 0.29) is 17.7 Å². The van der Waals surface area contributed by atoms with Gasteiger partial charge in [-0.2, -0.15) is 0 Å². The van der Waals surface area contributed by atoms with Crippen molar-refractivity contribution in [1.29, 1.82) is 0 Å². The number of nitrogens with zero attached hydrogens (tertiary/aromatic N) is 2. The number of amides is 2. The standard InChI is InChI=1S/C23H24N2O4S/c1-16-4-3-5-17(12-16)15-25-22(26)21(30-23(25)27)13-18-6-7-19(14-20(18)28-2)24-8-10-29-11-9-24/h3-7,12-14H,8-11,15H2,1-2H3/b21-13-. The lowest BCUT2D eigenvalue weighted by Crippen LogP contribution is -2.36. The van der Waals surface area contributed by atoms with Gasteiger partial charge in [0.05, 0.1) is 31.8 Å². The molecule has 0 saturated carbocycles. The lowest BCUT2D eigenvalue weighted by molar-refractivity contribution is -0.123. The van der Waals surface area contributed by atoms with E-state index in [1.54, 1.807) is 13.2 Å². The molecule has 7 heteroatoms. The summed E-state index contributed by atoms with van der Waals surface area (Å²) in [5.41, 5.74) is 3.86. The Labute approximate surface area is 180 Å². The van der Waals surface area contributed by atoms with E-state index in [1.807, 2.05) is 49.4 Å². The minimum Gasteiger partial charge on any atom is -0.496 e. The van der Waals surface area contributed by atoms with E-state index in [9.17, 15) is 9.59 Å². The third-order valence-electron chi connectivity index (χ3n) is 5.18. The number of imide groups is 1. The minimum atomic E-state index is -0.272. The predicted molar refractivity (Wildman–Crippen MR) is 119 cm³/mol. The molecule has 0 aliphatic carbocycles. The van der Waals surface area contributed by atoms with Crippen LogP contribution in [0.25, 0.3) is 6.08 Å². The Kier molecular flexibility index (Phi) is 6.11. The molecule has 0 radical (unpaired) electrons. The molecule has 0 bridgehead atoms. The van der Waals surface area contributed by atoms with Crippen LogP contribution >= 0.6 is 11.8 Å². The fourth-order valence-corrected chi connectivity index (χ4v) is 4.44. The Balaban J connectivity index is 1.55. The van der Waals surface area contributed by atoms with E-state index in [0.29, 0.717) is 23.9 Å². The molecule has 156 valence electrons. The van der Waals surface area contributed by atoms with Gasteiger partial charge in [0.15, 0.2) is 0 Å². The molecule has 4 rings (SSSR count). The van der Waals surface area contributed by atoms with Crippen molar-refractivity contribution in [2.24, 2.45) is 0 Å². The van der Waals surface area contributed by atoms with Gasteiger partial charge in [-0.3, -0.25) is 14.5 Å². The van der Waals surface area contributed by atoms with Crippen molar-refractivity contribution in [1.82, 2.24) is 4.90 Å². The van der Waals surface area contributed by atoms with Gasteiger partial charge in [0.2, 0.25) is 0 Å². The molecule has 0 spiro atoms. The zero-order chi connectivity index (χ0) is 21.1. The Morgan fingerprint density at radius 1 is 1.13 bits per heavy atom. The maximum absolute atomic E-state index is 12.9. The van der Waals surface area contributed by atoms with Gasteiger partial charge in [-0.05, 0) is 42.5 Å². The zero-order valence-electron chi connectivity index (χ0n) is 17.1. The van der Waals surface area contributed by atoms with Crippen molar-refractivity contribution >= 4 is 34.7 Å². The van der Waals surface area contributed by atoms with Gasteiger partial charge in [-0.25, -0.2) is 0 Å². The second-order valence-corrected chi connectivity index (χ2v) is 8.28. The summed E-state index contributed by atoms with van der Waals surface area (Å²) >= 11 is 0.968. The molecule has 2 fully saturated rings. The monoisotopic (exact) mass is 424 g/mol. The average Bonchev–Trinajstić information content (AvgIpc) is 3.02. The van der Waals surface area contributed by atoms with Crippen LogP contribution in [0.15, 0.2) is 47.4 Å². The maximum atomic E-state index is 12.9. The topological polar surface area (TPSA) is 59.1 Å². The summed E-state index contributed by atoms with van der Waals surface area (Å²) in [5.74, 6) is 0.398. The van der Waals surface area contributed by atoms with Crippen molar-refractivity contribution < 1.29 is 19.1 Å². The normalized spacial score (nSPS) is 18.4. The SMILES string of the molecule is COc1cc(N2CCOCC2)ccc1/C=C1\SC(=O)N(Cc2cccc(C)c2)C1=O. The summed E-state index contributed by atoms with van der Waals surface area (Å²) in [5, 5.41) is -0.253. The highest BCUT2D eigenvalue weighted by Crippen LogP contribution is 2.36. The van der Waals surface area contributed by atoms with Crippen LogP contribution in [0.1, 0.15) is 16.7 Å².